The number of rotatable bonds is 1. The number of thiazole rings is 1. The van der Waals surface area contributed by atoms with Crippen LogP contribution in [-0.2, 0) is 4.74 Å². The van der Waals surface area contributed by atoms with Crippen molar-refractivity contribution in [3.63, 3.8) is 0 Å². The van der Waals surface area contributed by atoms with Crippen LogP contribution in [0.5, 0.6) is 0 Å². The van der Waals surface area contributed by atoms with E-state index in [1.807, 2.05) is 6.20 Å². The van der Waals surface area contributed by atoms with Gasteiger partial charge in [-0.1, -0.05) is 0 Å². The SMILES string of the molecule is Ic1cnc(C2COCCN2)s1. The van der Waals surface area contributed by atoms with E-state index in [1.54, 1.807) is 11.3 Å². The number of hydrogen-bond acceptors (Lipinski definition) is 4. The van der Waals surface area contributed by atoms with Crippen molar-refractivity contribution in [2.24, 2.45) is 0 Å². The fourth-order valence-corrected chi connectivity index (χ4v) is 2.67. The van der Waals surface area contributed by atoms with Gasteiger partial charge in [0.1, 0.15) is 5.01 Å². The van der Waals surface area contributed by atoms with Crippen LogP contribution in [0.3, 0.4) is 0 Å². The molecule has 1 saturated heterocycles. The summed E-state index contributed by atoms with van der Waals surface area (Å²) in [5.74, 6) is 0. The molecule has 5 heteroatoms. The van der Waals surface area contributed by atoms with Crippen LogP contribution in [0.2, 0.25) is 0 Å². The summed E-state index contributed by atoms with van der Waals surface area (Å²) in [6.45, 7) is 2.50. The average molecular weight is 296 g/mol. The summed E-state index contributed by atoms with van der Waals surface area (Å²) in [5, 5.41) is 4.51. The maximum atomic E-state index is 5.35. The van der Waals surface area contributed by atoms with Crippen LogP contribution in [-0.4, -0.2) is 24.7 Å². The van der Waals surface area contributed by atoms with Gasteiger partial charge in [0.2, 0.25) is 0 Å². The van der Waals surface area contributed by atoms with Crippen LogP contribution < -0.4 is 5.32 Å². The van der Waals surface area contributed by atoms with Crippen molar-refractivity contribution in [3.05, 3.63) is 14.1 Å². The van der Waals surface area contributed by atoms with Gasteiger partial charge in [-0.25, -0.2) is 4.98 Å². The molecule has 0 radical (unpaired) electrons. The molecule has 66 valence electrons. The number of halogens is 1. The van der Waals surface area contributed by atoms with E-state index in [4.69, 9.17) is 4.74 Å². The van der Waals surface area contributed by atoms with Gasteiger partial charge >= 0.3 is 0 Å². The highest BCUT2D eigenvalue weighted by Crippen LogP contribution is 2.22. The second kappa shape index (κ2) is 3.99. The van der Waals surface area contributed by atoms with Gasteiger partial charge in [0.15, 0.2) is 0 Å². The summed E-state index contributed by atoms with van der Waals surface area (Å²) in [6.07, 6.45) is 1.90. The molecule has 0 saturated carbocycles. The molecule has 1 N–H and O–H groups in total. The highest BCUT2D eigenvalue weighted by Gasteiger charge is 2.17. The third kappa shape index (κ3) is 1.95. The molecule has 1 aliphatic rings. The van der Waals surface area contributed by atoms with Crippen molar-refractivity contribution < 1.29 is 4.74 Å². The Bertz CT molecular complexity index is 260. The summed E-state index contributed by atoms with van der Waals surface area (Å²) in [6, 6.07) is 0.312. The van der Waals surface area contributed by atoms with E-state index in [0.29, 0.717) is 6.04 Å². The molecule has 1 unspecified atom stereocenters. The van der Waals surface area contributed by atoms with Gasteiger partial charge in [-0.15, -0.1) is 11.3 Å². The molecule has 1 aromatic rings. The first kappa shape index (κ1) is 8.86. The molecule has 1 atom stereocenters. The van der Waals surface area contributed by atoms with Crippen LogP contribution in [0, 0.1) is 2.88 Å². The monoisotopic (exact) mass is 296 g/mol. The Kier molecular flexibility index (Phi) is 2.95. The number of ether oxygens (including phenoxy) is 1. The normalized spacial score (nSPS) is 24.2. The number of hydrogen-bond donors (Lipinski definition) is 1. The van der Waals surface area contributed by atoms with E-state index < -0.39 is 0 Å². The predicted octanol–water partition coefficient (Wildman–Crippen LogP) is 1.41. The standard InChI is InChI=1S/C7H9IN2OS/c8-6-3-10-7(12-6)5-4-11-2-1-9-5/h3,5,9H,1-2,4H2. The van der Waals surface area contributed by atoms with E-state index in [0.717, 1.165) is 24.8 Å². The van der Waals surface area contributed by atoms with Crippen LogP contribution in [0.15, 0.2) is 6.20 Å². The lowest BCUT2D eigenvalue weighted by molar-refractivity contribution is 0.0768. The lowest BCUT2D eigenvalue weighted by Gasteiger charge is -2.21. The van der Waals surface area contributed by atoms with E-state index in [2.05, 4.69) is 32.9 Å². The Morgan fingerprint density at radius 3 is 3.25 bits per heavy atom. The molecule has 0 aliphatic carbocycles. The van der Waals surface area contributed by atoms with E-state index in [9.17, 15) is 0 Å². The lowest BCUT2D eigenvalue weighted by Crippen LogP contribution is -2.34. The van der Waals surface area contributed by atoms with Gasteiger partial charge in [0.25, 0.3) is 0 Å². The summed E-state index contributed by atoms with van der Waals surface area (Å²) >= 11 is 4.01. The van der Waals surface area contributed by atoms with Crippen LogP contribution in [0.4, 0.5) is 0 Å². The van der Waals surface area contributed by atoms with Crippen molar-refractivity contribution in [2.75, 3.05) is 19.8 Å². The molecule has 0 spiro atoms. The fourth-order valence-electron chi connectivity index (χ4n) is 1.15. The molecule has 12 heavy (non-hydrogen) atoms. The van der Waals surface area contributed by atoms with E-state index in [-0.39, 0.29) is 0 Å². The molecule has 2 rings (SSSR count). The largest absolute Gasteiger partial charge is 0.378 e. The van der Waals surface area contributed by atoms with Gasteiger partial charge in [-0.3, -0.25) is 0 Å². The second-order valence-electron chi connectivity index (χ2n) is 2.58. The minimum Gasteiger partial charge on any atom is -0.378 e. The molecule has 3 nitrogen and oxygen atoms in total. The maximum absolute atomic E-state index is 5.35. The average Bonchev–Trinajstić information content (AvgIpc) is 2.54. The van der Waals surface area contributed by atoms with Crippen LogP contribution >= 0.6 is 33.9 Å². The fraction of sp³-hybridized carbons (Fsp3) is 0.571. The van der Waals surface area contributed by atoms with E-state index in [1.165, 1.54) is 2.88 Å². The number of morpholine rings is 1. The lowest BCUT2D eigenvalue weighted by atomic mass is 10.3. The van der Waals surface area contributed by atoms with Crippen molar-refractivity contribution in [1.29, 1.82) is 0 Å². The summed E-state index contributed by atoms with van der Waals surface area (Å²) in [4.78, 5) is 4.31. The molecule has 1 fully saturated rings. The summed E-state index contributed by atoms with van der Waals surface area (Å²) in [5.41, 5.74) is 0. The van der Waals surface area contributed by atoms with Gasteiger partial charge < -0.3 is 10.1 Å². The van der Waals surface area contributed by atoms with Gasteiger partial charge in [-0.05, 0) is 22.6 Å². The molecule has 1 aromatic heterocycles. The molecule has 0 amide bonds. The van der Waals surface area contributed by atoms with Gasteiger partial charge in [-0.2, -0.15) is 0 Å². The molecule has 2 heterocycles. The highest BCUT2D eigenvalue weighted by molar-refractivity contribution is 14.1. The molecule has 0 aromatic carbocycles. The summed E-state index contributed by atoms with van der Waals surface area (Å²) < 4.78 is 6.58. The number of nitrogens with one attached hydrogen (secondary N) is 1. The van der Waals surface area contributed by atoms with Crippen molar-refractivity contribution in [3.8, 4) is 0 Å². The van der Waals surface area contributed by atoms with Gasteiger partial charge in [0, 0.05) is 6.54 Å². The Morgan fingerprint density at radius 1 is 1.75 bits per heavy atom. The Hall–Kier alpha value is 0.280. The summed E-state index contributed by atoms with van der Waals surface area (Å²) in [7, 11) is 0. The number of nitrogens with zero attached hydrogens (tertiary/aromatic N) is 1. The molecular formula is C7H9IN2OS. The zero-order valence-corrected chi connectivity index (χ0v) is 9.39. The van der Waals surface area contributed by atoms with Crippen LogP contribution in [0.25, 0.3) is 0 Å². The first-order valence-corrected chi connectivity index (χ1v) is 5.68. The maximum Gasteiger partial charge on any atom is 0.113 e. The molecule has 1 aliphatic heterocycles. The number of aromatic nitrogens is 1. The first-order chi connectivity index (χ1) is 5.86. The second-order valence-corrected chi connectivity index (χ2v) is 5.54. The zero-order chi connectivity index (χ0) is 8.39. The zero-order valence-electron chi connectivity index (χ0n) is 6.42. The van der Waals surface area contributed by atoms with Crippen LogP contribution in [0.1, 0.15) is 11.0 Å². The van der Waals surface area contributed by atoms with Gasteiger partial charge in [0.05, 0.1) is 28.3 Å². The first-order valence-electron chi connectivity index (χ1n) is 3.78. The third-order valence-corrected chi connectivity index (χ3v) is 3.55. The molecular weight excluding hydrogens is 287 g/mol. The smallest absolute Gasteiger partial charge is 0.113 e. The predicted molar refractivity (Wildman–Crippen MR) is 56.4 cm³/mol. The van der Waals surface area contributed by atoms with E-state index >= 15 is 0 Å². The Labute approximate surface area is 88.7 Å². The minimum absolute atomic E-state index is 0.312. The van der Waals surface area contributed by atoms with Crippen molar-refractivity contribution in [1.82, 2.24) is 10.3 Å². The Morgan fingerprint density at radius 2 is 2.67 bits per heavy atom. The third-order valence-electron chi connectivity index (χ3n) is 1.72. The highest BCUT2D eigenvalue weighted by atomic mass is 127. The van der Waals surface area contributed by atoms with Crippen molar-refractivity contribution >= 4 is 33.9 Å². The molecule has 0 bridgehead atoms. The quantitative estimate of drug-likeness (QED) is 0.796. The topological polar surface area (TPSA) is 34.1 Å². The van der Waals surface area contributed by atoms with Crippen molar-refractivity contribution in [2.45, 2.75) is 6.04 Å². The minimum atomic E-state index is 0.312. The Balaban J connectivity index is 2.08.